The van der Waals surface area contributed by atoms with Crippen molar-refractivity contribution in [2.24, 2.45) is 0 Å². The maximum atomic E-state index is 12.3. The van der Waals surface area contributed by atoms with Gasteiger partial charge in [-0.25, -0.2) is 0 Å². The lowest BCUT2D eigenvalue weighted by Crippen LogP contribution is -2.20. The van der Waals surface area contributed by atoms with Gasteiger partial charge in [0, 0.05) is 0 Å². The molecule has 2 aromatic carbocycles. The zero-order valence-electron chi connectivity index (χ0n) is 14.2. The molecule has 0 fully saturated rings. The third-order valence-electron chi connectivity index (χ3n) is 3.37. The van der Waals surface area contributed by atoms with E-state index >= 15 is 0 Å². The highest BCUT2D eigenvalue weighted by atomic mass is 19.4. The fourth-order valence-electron chi connectivity index (χ4n) is 2.23. The number of carbonyl (C=O) groups is 1. The lowest BCUT2D eigenvalue weighted by atomic mass is 10.1. The first-order valence-electron chi connectivity index (χ1n) is 7.61. The zero-order valence-corrected chi connectivity index (χ0v) is 14.2. The highest BCUT2D eigenvalue weighted by molar-refractivity contribution is 5.93. The molecule has 0 saturated carbocycles. The molecule has 1 N–H and O–H groups in total. The first-order chi connectivity index (χ1) is 12.3. The van der Waals surface area contributed by atoms with Gasteiger partial charge in [-0.2, -0.15) is 13.2 Å². The maximum absolute atomic E-state index is 12.3. The summed E-state index contributed by atoms with van der Waals surface area (Å²) in [6.07, 6.45) is -4.45. The lowest BCUT2D eigenvalue weighted by Gasteiger charge is -2.14. The van der Waals surface area contributed by atoms with Crippen LogP contribution >= 0.6 is 0 Å². The smallest absolute Gasteiger partial charge is 0.422 e. The van der Waals surface area contributed by atoms with Crippen molar-refractivity contribution in [3.05, 3.63) is 48.0 Å². The number of carbonyl (C=O) groups excluding carboxylic acids is 1. The van der Waals surface area contributed by atoms with Crippen LogP contribution in [0.1, 0.15) is 5.56 Å². The van der Waals surface area contributed by atoms with E-state index in [1.807, 2.05) is 0 Å². The lowest BCUT2D eigenvalue weighted by molar-refractivity contribution is -0.153. The molecule has 26 heavy (non-hydrogen) atoms. The van der Waals surface area contributed by atoms with Gasteiger partial charge in [-0.1, -0.05) is 18.2 Å². The summed E-state index contributed by atoms with van der Waals surface area (Å²) >= 11 is 0. The summed E-state index contributed by atoms with van der Waals surface area (Å²) < 4.78 is 52.0. The molecule has 0 heterocycles. The Labute approximate surface area is 148 Å². The standard InChI is InChI=1S/C18H18F3NO4/c1-24-15-8-7-12(9-16(15)25-2)10-17(23)22-13-5-3-4-6-14(13)26-11-18(19,20)21/h3-9H,10-11H2,1-2H3,(H,22,23). The van der Waals surface area contributed by atoms with Crippen molar-refractivity contribution in [3.8, 4) is 17.2 Å². The molecule has 0 radical (unpaired) electrons. The predicted molar refractivity (Wildman–Crippen MR) is 89.9 cm³/mol. The fraction of sp³-hybridized carbons (Fsp3) is 0.278. The average Bonchev–Trinajstić information content (AvgIpc) is 2.60. The van der Waals surface area contributed by atoms with E-state index in [-0.39, 0.29) is 17.9 Å². The largest absolute Gasteiger partial charge is 0.493 e. The molecule has 2 aromatic rings. The SMILES string of the molecule is COc1ccc(CC(=O)Nc2ccccc2OCC(F)(F)F)cc1OC. The number of ether oxygens (including phenoxy) is 3. The number of alkyl halides is 3. The number of rotatable bonds is 7. The number of hydrogen-bond donors (Lipinski definition) is 1. The maximum Gasteiger partial charge on any atom is 0.422 e. The molecular weight excluding hydrogens is 351 g/mol. The van der Waals surface area contributed by atoms with E-state index in [0.717, 1.165) is 0 Å². The second-order valence-electron chi connectivity index (χ2n) is 5.31. The zero-order chi connectivity index (χ0) is 19.2. The first kappa shape index (κ1) is 19.4. The van der Waals surface area contributed by atoms with Crippen LogP contribution in [0.15, 0.2) is 42.5 Å². The molecule has 8 heteroatoms. The first-order valence-corrected chi connectivity index (χ1v) is 7.61. The van der Waals surface area contributed by atoms with Crippen LogP contribution in [0.2, 0.25) is 0 Å². The van der Waals surface area contributed by atoms with Crippen molar-refractivity contribution in [1.82, 2.24) is 0 Å². The van der Waals surface area contributed by atoms with E-state index < -0.39 is 18.7 Å². The summed E-state index contributed by atoms with van der Waals surface area (Å²) in [7, 11) is 2.98. The van der Waals surface area contributed by atoms with Gasteiger partial charge in [0.15, 0.2) is 18.1 Å². The molecule has 0 aliphatic heterocycles. The van der Waals surface area contributed by atoms with Gasteiger partial charge in [0.05, 0.1) is 26.3 Å². The Balaban J connectivity index is 2.06. The van der Waals surface area contributed by atoms with E-state index in [1.54, 1.807) is 24.3 Å². The number of benzene rings is 2. The van der Waals surface area contributed by atoms with Crippen molar-refractivity contribution in [2.75, 3.05) is 26.1 Å². The molecule has 0 aliphatic rings. The third kappa shape index (κ3) is 5.58. The molecule has 2 rings (SSSR count). The Morgan fingerprint density at radius 2 is 1.69 bits per heavy atom. The minimum atomic E-state index is -4.46. The molecule has 140 valence electrons. The number of methoxy groups -OCH3 is 2. The topological polar surface area (TPSA) is 56.8 Å². The molecule has 5 nitrogen and oxygen atoms in total. The number of anilines is 1. The average molecular weight is 369 g/mol. The second kappa shape index (κ2) is 8.46. The highest BCUT2D eigenvalue weighted by Gasteiger charge is 2.28. The van der Waals surface area contributed by atoms with Crippen molar-refractivity contribution >= 4 is 11.6 Å². The van der Waals surface area contributed by atoms with Gasteiger partial charge in [0.1, 0.15) is 5.75 Å². The molecule has 0 aromatic heterocycles. The number of nitrogens with one attached hydrogen (secondary N) is 1. The molecule has 1 amide bonds. The van der Waals surface area contributed by atoms with E-state index in [1.165, 1.54) is 32.4 Å². The van der Waals surface area contributed by atoms with Crippen LogP contribution in [-0.4, -0.2) is 32.9 Å². The molecule has 0 aliphatic carbocycles. The number of amides is 1. The normalized spacial score (nSPS) is 11.0. The van der Waals surface area contributed by atoms with Crippen molar-refractivity contribution < 1.29 is 32.2 Å². The monoisotopic (exact) mass is 369 g/mol. The number of halogens is 3. The van der Waals surface area contributed by atoms with Crippen LogP contribution in [0.3, 0.4) is 0 Å². The van der Waals surface area contributed by atoms with Gasteiger partial charge in [-0.15, -0.1) is 0 Å². The van der Waals surface area contributed by atoms with Gasteiger partial charge < -0.3 is 19.5 Å². The van der Waals surface area contributed by atoms with Crippen molar-refractivity contribution in [3.63, 3.8) is 0 Å². The Morgan fingerprint density at radius 1 is 1.00 bits per heavy atom. The number of para-hydroxylation sites is 2. The summed E-state index contributed by atoms with van der Waals surface area (Å²) in [4.78, 5) is 12.2. The second-order valence-corrected chi connectivity index (χ2v) is 5.31. The Bertz CT molecular complexity index is 762. The van der Waals surface area contributed by atoms with Crippen LogP contribution < -0.4 is 19.5 Å². The van der Waals surface area contributed by atoms with Crippen LogP contribution in [0.5, 0.6) is 17.2 Å². The van der Waals surface area contributed by atoms with Crippen LogP contribution in [0.25, 0.3) is 0 Å². The minimum absolute atomic E-state index is 0.00790. The van der Waals surface area contributed by atoms with E-state index in [2.05, 4.69) is 5.32 Å². The summed E-state index contributed by atoms with van der Waals surface area (Å²) in [5.41, 5.74) is 0.830. The minimum Gasteiger partial charge on any atom is -0.493 e. The van der Waals surface area contributed by atoms with Crippen LogP contribution in [-0.2, 0) is 11.2 Å². The fourth-order valence-corrected chi connectivity index (χ4v) is 2.23. The molecule has 0 unspecified atom stereocenters. The quantitative estimate of drug-likeness (QED) is 0.806. The van der Waals surface area contributed by atoms with Gasteiger partial charge >= 0.3 is 6.18 Å². The Hall–Kier alpha value is -2.90. The molecule has 0 atom stereocenters. The summed E-state index contributed by atoms with van der Waals surface area (Å²) in [5, 5.41) is 2.56. The molecular formula is C18H18F3NO4. The third-order valence-corrected chi connectivity index (χ3v) is 3.37. The van der Waals surface area contributed by atoms with Gasteiger partial charge in [-0.05, 0) is 29.8 Å². The van der Waals surface area contributed by atoms with Crippen LogP contribution in [0.4, 0.5) is 18.9 Å². The van der Waals surface area contributed by atoms with Gasteiger partial charge in [-0.3, -0.25) is 4.79 Å². The Morgan fingerprint density at radius 3 is 2.35 bits per heavy atom. The van der Waals surface area contributed by atoms with E-state index in [9.17, 15) is 18.0 Å². The molecule has 0 bridgehead atoms. The summed E-state index contributed by atoms with van der Waals surface area (Å²) in [5.74, 6) is 0.556. The van der Waals surface area contributed by atoms with E-state index in [4.69, 9.17) is 14.2 Å². The van der Waals surface area contributed by atoms with Crippen molar-refractivity contribution in [2.45, 2.75) is 12.6 Å². The van der Waals surface area contributed by atoms with E-state index in [0.29, 0.717) is 17.1 Å². The van der Waals surface area contributed by atoms with Gasteiger partial charge in [0.25, 0.3) is 0 Å². The van der Waals surface area contributed by atoms with Gasteiger partial charge in [0.2, 0.25) is 5.91 Å². The molecule has 0 saturated heterocycles. The van der Waals surface area contributed by atoms with Crippen LogP contribution in [0, 0.1) is 0 Å². The number of hydrogen-bond acceptors (Lipinski definition) is 4. The summed E-state index contributed by atoms with van der Waals surface area (Å²) in [6, 6.07) is 11.0. The predicted octanol–water partition coefficient (Wildman–Crippen LogP) is 3.83. The van der Waals surface area contributed by atoms with Crippen molar-refractivity contribution in [1.29, 1.82) is 0 Å². The highest BCUT2D eigenvalue weighted by Crippen LogP contribution is 2.29. The Kier molecular flexibility index (Phi) is 6.32. The molecule has 0 spiro atoms. The summed E-state index contributed by atoms with van der Waals surface area (Å²) in [6.45, 7) is -1.43.